The fraction of sp³-hybridized carbons (Fsp3) is 0.500. The molecule has 6 heteroatoms. The van der Waals surface area contributed by atoms with Crippen LogP contribution in [0.4, 0.5) is 0 Å². The molecule has 0 saturated heterocycles. The molecule has 1 heterocycles. The van der Waals surface area contributed by atoms with Crippen LogP contribution in [0.15, 0.2) is 6.20 Å². The number of nitrogens with one attached hydrogen (secondary N) is 1. The first kappa shape index (κ1) is 8.66. The lowest BCUT2D eigenvalue weighted by atomic mass is 10.5. The van der Waals surface area contributed by atoms with Crippen molar-refractivity contribution in [3.63, 3.8) is 0 Å². The van der Waals surface area contributed by atoms with Gasteiger partial charge < -0.3 is 9.47 Å². The van der Waals surface area contributed by atoms with Gasteiger partial charge in [-0.25, -0.2) is 4.79 Å². The number of nitrogens with zero attached hydrogens (tertiary/aromatic N) is 2. The Morgan fingerprint density at radius 3 is 3.08 bits per heavy atom. The van der Waals surface area contributed by atoms with E-state index < -0.39 is 5.97 Å². The van der Waals surface area contributed by atoms with Crippen LogP contribution in [0.25, 0.3) is 0 Å². The van der Waals surface area contributed by atoms with Crippen LogP contribution in [0.5, 0.6) is 0 Å². The summed E-state index contributed by atoms with van der Waals surface area (Å²) in [5, 5.41) is 9.32. The van der Waals surface area contributed by atoms with E-state index in [0.29, 0.717) is 6.61 Å². The zero-order valence-corrected chi connectivity index (χ0v) is 6.61. The van der Waals surface area contributed by atoms with E-state index in [1.165, 1.54) is 13.3 Å². The lowest BCUT2D eigenvalue weighted by Gasteiger charge is -1.99. The van der Waals surface area contributed by atoms with Crippen LogP contribution in [0.3, 0.4) is 0 Å². The zero-order valence-electron chi connectivity index (χ0n) is 6.61. The molecule has 0 fully saturated rings. The fourth-order valence-corrected chi connectivity index (χ4v) is 0.592. The third-order valence-corrected chi connectivity index (χ3v) is 1.14. The second kappa shape index (κ2) is 4.45. The number of esters is 1. The van der Waals surface area contributed by atoms with Gasteiger partial charge in [0.15, 0.2) is 5.69 Å². The predicted octanol–water partition coefficient (Wildman–Crippen LogP) is -0.392. The molecule has 0 spiro atoms. The van der Waals surface area contributed by atoms with Crippen molar-refractivity contribution in [2.75, 3.05) is 20.3 Å². The molecule has 12 heavy (non-hydrogen) atoms. The van der Waals surface area contributed by atoms with Gasteiger partial charge in [0.2, 0.25) is 0 Å². The molecule has 0 radical (unpaired) electrons. The van der Waals surface area contributed by atoms with E-state index in [1.807, 2.05) is 0 Å². The van der Waals surface area contributed by atoms with Crippen molar-refractivity contribution in [1.29, 1.82) is 0 Å². The van der Waals surface area contributed by atoms with E-state index in [4.69, 9.17) is 4.74 Å². The molecule has 1 rings (SSSR count). The van der Waals surface area contributed by atoms with Gasteiger partial charge in [0.1, 0.15) is 6.61 Å². The fourth-order valence-electron chi connectivity index (χ4n) is 0.592. The number of ether oxygens (including phenoxy) is 2. The van der Waals surface area contributed by atoms with Crippen LogP contribution in [0.1, 0.15) is 10.5 Å². The molecule has 66 valence electrons. The number of carbonyl (C=O) groups excluding carboxylic acids is 1. The van der Waals surface area contributed by atoms with E-state index in [2.05, 4.69) is 20.1 Å². The molecule has 1 aromatic rings. The Labute approximate surface area is 68.9 Å². The van der Waals surface area contributed by atoms with Gasteiger partial charge in [-0.05, 0) is 0 Å². The van der Waals surface area contributed by atoms with Crippen LogP contribution in [-0.2, 0) is 9.47 Å². The molecule has 0 saturated carbocycles. The maximum absolute atomic E-state index is 11.0. The molecule has 1 aromatic heterocycles. The summed E-state index contributed by atoms with van der Waals surface area (Å²) in [4.78, 5) is 11.0. The van der Waals surface area contributed by atoms with Crippen molar-refractivity contribution in [1.82, 2.24) is 15.4 Å². The molecule has 1 N–H and O–H groups in total. The normalized spacial score (nSPS) is 9.75. The molecule has 0 aliphatic carbocycles. The molecule has 0 aromatic carbocycles. The average Bonchev–Trinajstić information content (AvgIpc) is 2.56. The third-order valence-electron chi connectivity index (χ3n) is 1.14. The second-order valence-corrected chi connectivity index (χ2v) is 1.98. The minimum absolute atomic E-state index is 0.172. The zero-order chi connectivity index (χ0) is 8.81. The number of rotatable bonds is 4. The topological polar surface area (TPSA) is 77.1 Å². The lowest BCUT2D eigenvalue weighted by Crippen LogP contribution is -2.10. The number of hydrogen-bond acceptors (Lipinski definition) is 5. The van der Waals surface area contributed by atoms with Crippen molar-refractivity contribution in [3.05, 3.63) is 11.9 Å². The largest absolute Gasteiger partial charge is 0.458 e. The molecule has 6 nitrogen and oxygen atoms in total. The van der Waals surface area contributed by atoms with Gasteiger partial charge in [0.05, 0.1) is 12.8 Å². The molecule has 0 unspecified atom stereocenters. The highest BCUT2D eigenvalue weighted by Crippen LogP contribution is 1.92. The van der Waals surface area contributed by atoms with E-state index in [1.54, 1.807) is 0 Å². The standard InChI is InChI=1S/C6H9N3O3/c1-11-2-3-12-6(10)5-4-7-9-8-5/h4H,2-3H2,1H3,(H,7,8,9). The predicted molar refractivity (Wildman–Crippen MR) is 38.5 cm³/mol. The highest BCUT2D eigenvalue weighted by molar-refractivity contribution is 5.86. The van der Waals surface area contributed by atoms with Crippen molar-refractivity contribution in [3.8, 4) is 0 Å². The Kier molecular flexibility index (Phi) is 3.21. The SMILES string of the molecule is COCCOC(=O)c1cn[nH]n1. The number of H-pyrrole nitrogens is 1. The quantitative estimate of drug-likeness (QED) is 0.493. The van der Waals surface area contributed by atoms with Crippen molar-refractivity contribution >= 4 is 5.97 Å². The van der Waals surface area contributed by atoms with E-state index in [-0.39, 0.29) is 12.3 Å². The molecule has 0 amide bonds. The first-order valence-corrected chi connectivity index (χ1v) is 3.36. The van der Waals surface area contributed by atoms with Gasteiger partial charge in [-0.2, -0.15) is 10.3 Å². The Morgan fingerprint density at radius 1 is 1.67 bits per heavy atom. The van der Waals surface area contributed by atoms with Crippen molar-refractivity contribution in [2.45, 2.75) is 0 Å². The smallest absolute Gasteiger partial charge is 0.360 e. The summed E-state index contributed by atoms with van der Waals surface area (Å²) in [7, 11) is 1.53. The van der Waals surface area contributed by atoms with Gasteiger partial charge in [-0.1, -0.05) is 0 Å². The number of carbonyl (C=O) groups is 1. The number of methoxy groups -OCH3 is 1. The first-order chi connectivity index (χ1) is 5.84. The van der Waals surface area contributed by atoms with Gasteiger partial charge >= 0.3 is 5.97 Å². The van der Waals surface area contributed by atoms with Gasteiger partial charge in [-0.3, -0.25) is 0 Å². The van der Waals surface area contributed by atoms with E-state index >= 15 is 0 Å². The van der Waals surface area contributed by atoms with Crippen molar-refractivity contribution < 1.29 is 14.3 Å². The summed E-state index contributed by atoms with van der Waals surface area (Å²) < 4.78 is 9.43. The maximum atomic E-state index is 11.0. The van der Waals surface area contributed by atoms with E-state index in [0.717, 1.165) is 0 Å². The summed E-state index contributed by atoms with van der Waals surface area (Å²) in [6.07, 6.45) is 1.30. The maximum Gasteiger partial charge on any atom is 0.360 e. The summed E-state index contributed by atoms with van der Waals surface area (Å²) >= 11 is 0. The Morgan fingerprint density at radius 2 is 2.50 bits per heavy atom. The highest BCUT2D eigenvalue weighted by Gasteiger charge is 2.08. The molecule has 0 aliphatic rings. The monoisotopic (exact) mass is 171 g/mol. The third kappa shape index (κ3) is 2.31. The summed E-state index contributed by atoms with van der Waals surface area (Å²) in [5.74, 6) is -0.499. The second-order valence-electron chi connectivity index (χ2n) is 1.98. The van der Waals surface area contributed by atoms with Gasteiger partial charge in [-0.15, -0.1) is 5.10 Å². The average molecular weight is 171 g/mol. The van der Waals surface area contributed by atoms with Crippen molar-refractivity contribution in [2.24, 2.45) is 0 Å². The summed E-state index contributed by atoms with van der Waals surface area (Å²) in [5.41, 5.74) is 0.172. The Hall–Kier alpha value is -1.43. The highest BCUT2D eigenvalue weighted by atomic mass is 16.6. The van der Waals surface area contributed by atoms with Gasteiger partial charge in [0, 0.05) is 7.11 Å². The molecule has 0 atom stereocenters. The van der Waals surface area contributed by atoms with Crippen LogP contribution in [-0.4, -0.2) is 41.7 Å². The van der Waals surface area contributed by atoms with Crippen LogP contribution < -0.4 is 0 Å². The molecule has 0 bridgehead atoms. The van der Waals surface area contributed by atoms with E-state index in [9.17, 15) is 4.79 Å². The Bertz CT molecular complexity index is 234. The lowest BCUT2D eigenvalue weighted by molar-refractivity contribution is 0.0381. The Balaban J connectivity index is 2.30. The number of hydrogen-bond donors (Lipinski definition) is 1. The first-order valence-electron chi connectivity index (χ1n) is 3.36. The molecular weight excluding hydrogens is 162 g/mol. The molecule has 0 aliphatic heterocycles. The van der Waals surface area contributed by atoms with Crippen LogP contribution in [0, 0.1) is 0 Å². The van der Waals surface area contributed by atoms with Crippen LogP contribution in [0.2, 0.25) is 0 Å². The van der Waals surface area contributed by atoms with Gasteiger partial charge in [0.25, 0.3) is 0 Å². The molecular formula is C6H9N3O3. The number of aromatic nitrogens is 3. The minimum Gasteiger partial charge on any atom is -0.458 e. The summed E-state index contributed by atoms with van der Waals surface area (Å²) in [6, 6.07) is 0. The minimum atomic E-state index is -0.499. The number of aromatic amines is 1. The summed E-state index contributed by atoms with van der Waals surface area (Å²) in [6.45, 7) is 0.603. The van der Waals surface area contributed by atoms with Crippen LogP contribution >= 0.6 is 0 Å².